The SMILES string of the molecule is Cc1c([N+](=O)[O-])cc(NC(=O)C(C)n2nc(C(F)(F)F)c(Cl)c2C)cc1[N+](=O)[O-]. The van der Waals surface area contributed by atoms with Crippen molar-refractivity contribution in [3.8, 4) is 0 Å². The van der Waals surface area contributed by atoms with Crippen molar-refractivity contribution in [3.63, 3.8) is 0 Å². The highest BCUT2D eigenvalue weighted by Gasteiger charge is 2.39. The number of nitrogens with zero attached hydrogens (tertiary/aromatic N) is 4. The number of alkyl halides is 3. The van der Waals surface area contributed by atoms with Gasteiger partial charge < -0.3 is 5.32 Å². The molecule has 0 saturated heterocycles. The van der Waals surface area contributed by atoms with Crippen LogP contribution in [0.5, 0.6) is 0 Å². The van der Waals surface area contributed by atoms with Crippen LogP contribution in [0.4, 0.5) is 30.2 Å². The van der Waals surface area contributed by atoms with E-state index in [1.165, 1.54) is 20.8 Å². The Morgan fingerprint density at radius 1 is 1.21 bits per heavy atom. The molecule has 0 radical (unpaired) electrons. The van der Waals surface area contributed by atoms with Crippen LogP contribution in [-0.2, 0) is 11.0 Å². The van der Waals surface area contributed by atoms with Crippen LogP contribution in [0.15, 0.2) is 12.1 Å². The fraction of sp³-hybridized carbons (Fsp3) is 0.333. The Kier molecular flexibility index (Phi) is 5.83. The lowest BCUT2D eigenvalue weighted by molar-refractivity contribution is -0.395. The highest BCUT2D eigenvalue weighted by atomic mass is 35.5. The van der Waals surface area contributed by atoms with Gasteiger partial charge in [0.1, 0.15) is 11.6 Å². The third-order valence-corrected chi connectivity index (χ3v) is 4.56. The van der Waals surface area contributed by atoms with Gasteiger partial charge in [0.05, 0.1) is 26.3 Å². The maximum atomic E-state index is 12.9. The molecule has 2 aromatic rings. The zero-order valence-corrected chi connectivity index (χ0v) is 15.8. The van der Waals surface area contributed by atoms with Crippen molar-refractivity contribution < 1.29 is 27.8 Å². The number of carbonyl (C=O) groups excluding carboxylic acids is 1. The molecule has 0 aliphatic rings. The van der Waals surface area contributed by atoms with Gasteiger partial charge in [-0.3, -0.25) is 29.7 Å². The van der Waals surface area contributed by atoms with E-state index < -0.39 is 50.1 Å². The van der Waals surface area contributed by atoms with Crippen LogP contribution in [0.3, 0.4) is 0 Å². The number of hydrogen-bond acceptors (Lipinski definition) is 6. The van der Waals surface area contributed by atoms with Gasteiger partial charge in [0.25, 0.3) is 11.4 Å². The zero-order chi connectivity index (χ0) is 22.3. The Bertz CT molecular complexity index is 985. The fourth-order valence-corrected chi connectivity index (χ4v) is 2.78. The van der Waals surface area contributed by atoms with Crippen LogP contribution < -0.4 is 5.32 Å². The van der Waals surface area contributed by atoms with E-state index in [9.17, 15) is 38.2 Å². The summed E-state index contributed by atoms with van der Waals surface area (Å²) in [4.78, 5) is 32.9. The van der Waals surface area contributed by atoms with Crippen molar-refractivity contribution in [1.29, 1.82) is 0 Å². The Balaban J connectivity index is 2.41. The molecule has 0 aliphatic heterocycles. The van der Waals surface area contributed by atoms with Gasteiger partial charge in [0, 0.05) is 12.1 Å². The second-order valence-electron chi connectivity index (χ2n) is 6.01. The Hall–Kier alpha value is -3.22. The number of nitro groups is 2. The fourth-order valence-electron chi connectivity index (χ4n) is 2.55. The van der Waals surface area contributed by atoms with Crippen molar-refractivity contribution >= 4 is 34.6 Å². The first-order chi connectivity index (χ1) is 13.3. The number of carbonyl (C=O) groups is 1. The summed E-state index contributed by atoms with van der Waals surface area (Å²) in [5.74, 6) is -0.909. The molecule has 29 heavy (non-hydrogen) atoms. The molecule has 0 saturated carbocycles. The summed E-state index contributed by atoms with van der Waals surface area (Å²) in [6, 6.07) is 0.525. The molecule has 1 N–H and O–H groups in total. The first kappa shape index (κ1) is 22.1. The standard InChI is InChI=1S/C15H13ClF3N5O5/c1-6-10(23(26)27)4-9(5-11(6)24(28)29)20-14(25)8(3)22-7(2)12(16)13(21-22)15(17,18)19/h4-5,8H,1-3H3,(H,20,25). The lowest BCUT2D eigenvalue weighted by Gasteiger charge is -2.15. The van der Waals surface area contributed by atoms with Crippen LogP contribution in [0.25, 0.3) is 0 Å². The summed E-state index contributed by atoms with van der Waals surface area (Å²) in [7, 11) is 0. The van der Waals surface area contributed by atoms with Crippen LogP contribution in [-0.4, -0.2) is 25.5 Å². The lowest BCUT2D eigenvalue weighted by Crippen LogP contribution is -2.25. The van der Waals surface area contributed by atoms with Crippen LogP contribution in [0.1, 0.15) is 29.9 Å². The van der Waals surface area contributed by atoms with Crippen molar-refractivity contribution in [3.05, 3.63) is 54.3 Å². The summed E-state index contributed by atoms with van der Waals surface area (Å²) in [6.45, 7) is 3.64. The summed E-state index contributed by atoms with van der Waals surface area (Å²) in [5, 5.41) is 27.1. The number of rotatable bonds is 5. The number of benzene rings is 1. The van der Waals surface area contributed by atoms with Gasteiger partial charge in [-0.15, -0.1) is 0 Å². The summed E-state index contributed by atoms with van der Waals surface area (Å²) in [5.41, 5.74) is -3.16. The van der Waals surface area contributed by atoms with E-state index in [2.05, 4.69) is 10.4 Å². The van der Waals surface area contributed by atoms with Gasteiger partial charge >= 0.3 is 6.18 Å². The molecule has 0 spiro atoms. The molecule has 1 amide bonds. The Morgan fingerprint density at radius 3 is 2.07 bits per heavy atom. The minimum atomic E-state index is -4.83. The van der Waals surface area contributed by atoms with Crippen molar-refractivity contribution in [2.45, 2.75) is 33.0 Å². The smallest absolute Gasteiger partial charge is 0.324 e. The maximum Gasteiger partial charge on any atom is 0.436 e. The molecule has 14 heteroatoms. The third kappa shape index (κ3) is 4.29. The molecular weight excluding hydrogens is 423 g/mol. The number of halogens is 4. The average molecular weight is 436 g/mol. The minimum absolute atomic E-state index is 0.123. The molecule has 1 atom stereocenters. The first-order valence-corrected chi connectivity index (χ1v) is 8.19. The van der Waals surface area contributed by atoms with Crippen LogP contribution in [0, 0.1) is 34.1 Å². The number of anilines is 1. The Labute approximate surface area is 165 Å². The van der Waals surface area contributed by atoms with Gasteiger partial charge in [-0.1, -0.05) is 11.6 Å². The largest absolute Gasteiger partial charge is 0.436 e. The molecule has 1 aromatic carbocycles. The predicted octanol–water partition coefficient (Wildman–Crippen LogP) is 4.19. The van der Waals surface area contributed by atoms with Gasteiger partial charge in [0.15, 0.2) is 5.69 Å². The van der Waals surface area contributed by atoms with E-state index in [1.807, 2.05) is 0 Å². The van der Waals surface area contributed by atoms with E-state index in [0.29, 0.717) is 0 Å². The monoisotopic (exact) mass is 435 g/mol. The third-order valence-electron chi connectivity index (χ3n) is 4.11. The Morgan fingerprint density at radius 2 is 1.69 bits per heavy atom. The predicted molar refractivity (Wildman–Crippen MR) is 94.8 cm³/mol. The molecule has 0 bridgehead atoms. The summed E-state index contributed by atoms with van der Waals surface area (Å²) < 4.78 is 39.6. The van der Waals surface area contributed by atoms with E-state index in [0.717, 1.165) is 16.8 Å². The summed E-state index contributed by atoms with van der Waals surface area (Å²) in [6.07, 6.45) is -4.83. The highest BCUT2D eigenvalue weighted by molar-refractivity contribution is 6.32. The molecule has 10 nitrogen and oxygen atoms in total. The molecule has 2 rings (SSSR count). The molecule has 1 unspecified atom stereocenters. The number of aromatic nitrogens is 2. The molecule has 156 valence electrons. The van der Waals surface area contributed by atoms with Crippen molar-refractivity contribution in [2.24, 2.45) is 0 Å². The maximum absolute atomic E-state index is 12.9. The zero-order valence-electron chi connectivity index (χ0n) is 15.1. The molecule has 1 aromatic heterocycles. The topological polar surface area (TPSA) is 133 Å². The van der Waals surface area contributed by atoms with Gasteiger partial charge in [-0.2, -0.15) is 18.3 Å². The average Bonchev–Trinajstić information content (AvgIpc) is 2.90. The van der Waals surface area contributed by atoms with E-state index >= 15 is 0 Å². The van der Waals surface area contributed by atoms with E-state index in [1.54, 1.807) is 0 Å². The van der Waals surface area contributed by atoms with E-state index in [-0.39, 0.29) is 16.9 Å². The minimum Gasteiger partial charge on any atom is -0.324 e. The molecule has 0 aliphatic carbocycles. The summed E-state index contributed by atoms with van der Waals surface area (Å²) >= 11 is 5.65. The molecule has 0 fully saturated rings. The van der Waals surface area contributed by atoms with Crippen molar-refractivity contribution in [2.75, 3.05) is 5.32 Å². The van der Waals surface area contributed by atoms with Gasteiger partial charge in [-0.05, 0) is 20.8 Å². The van der Waals surface area contributed by atoms with Gasteiger partial charge in [0.2, 0.25) is 5.91 Å². The lowest BCUT2D eigenvalue weighted by atomic mass is 10.1. The second kappa shape index (κ2) is 7.66. The molecule has 1 heterocycles. The number of hydrogen-bond donors (Lipinski definition) is 1. The number of nitro benzene ring substituents is 2. The highest BCUT2D eigenvalue weighted by Crippen LogP contribution is 2.36. The van der Waals surface area contributed by atoms with Gasteiger partial charge in [-0.25, -0.2) is 0 Å². The number of nitrogens with one attached hydrogen (secondary N) is 1. The van der Waals surface area contributed by atoms with Crippen LogP contribution in [0.2, 0.25) is 5.02 Å². The van der Waals surface area contributed by atoms with Crippen molar-refractivity contribution in [1.82, 2.24) is 9.78 Å². The number of amides is 1. The quantitative estimate of drug-likeness (QED) is 0.553. The second-order valence-corrected chi connectivity index (χ2v) is 6.39. The van der Waals surface area contributed by atoms with Crippen LogP contribution >= 0.6 is 11.6 Å². The normalized spacial score (nSPS) is 12.5. The molecular formula is C15H13ClF3N5O5. The van der Waals surface area contributed by atoms with E-state index in [4.69, 9.17) is 11.6 Å². The first-order valence-electron chi connectivity index (χ1n) is 7.81.